The summed E-state index contributed by atoms with van der Waals surface area (Å²) in [5, 5.41) is 0. The van der Waals surface area contributed by atoms with E-state index >= 15 is 0 Å². The van der Waals surface area contributed by atoms with E-state index < -0.39 is 0 Å². The topological polar surface area (TPSA) is 3.24 Å². The molecule has 1 unspecified atom stereocenters. The molecule has 0 amide bonds. The molecule has 17 heavy (non-hydrogen) atoms. The first-order chi connectivity index (χ1) is 8.19. The molecule has 1 aromatic rings. The van der Waals surface area contributed by atoms with E-state index in [9.17, 15) is 0 Å². The van der Waals surface area contributed by atoms with Gasteiger partial charge in [-0.05, 0) is 30.9 Å². The van der Waals surface area contributed by atoms with E-state index in [1.165, 1.54) is 41.6 Å². The van der Waals surface area contributed by atoms with E-state index in [4.69, 9.17) is 0 Å². The Hall–Kier alpha value is -1.24. The van der Waals surface area contributed by atoms with Crippen molar-refractivity contribution < 1.29 is 0 Å². The maximum Gasteiger partial charge on any atom is 0.0441 e. The number of benzene rings is 1. The highest BCUT2D eigenvalue weighted by Gasteiger charge is 2.27. The van der Waals surface area contributed by atoms with E-state index in [2.05, 4.69) is 50.4 Å². The van der Waals surface area contributed by atoms with Crippen LogP contribution in [0, 0.1) is 6.92 Å². The summed E-state index contributed by atoms with van der Waals surface area (Å²) in [6, 6.07) is 7.21. The summed E-state index contributed by atoms with van der Waals surface area (Å²) >= 11 is 0. The van der Waals surface area contributed by atoms with Crippen LogP contribution in [0.25, 0.3) is 5.70 Å². The molecule has 2 rings (SSSR count). The second kappa shape index (κ2) is 4.95. The van der Waals surface area contributed by atoms with Gasteiger partial charge in [-0.2, -0.15) is 0 Å². The van der Waals surface area contributed by atoms with Gasteiger partial charge in [0, 0.05) is 23.8 Å². The Morgan fingerprint density at radius 2 is 2.12 bits per heavy atom. The maximum atomic E-state index is 4.30. The standard InChI is InChI=1S/C16H23N/c1-5-8-14(6-2)17-11-16-12(3)9-7-10-15(16)13(17)4/h7,9-10,14H,4-6,8,11H2,1-3H3. The van der Waals surface area contributed by atoms with Gasteiger partial charge in [-0.3, -0.25) is 0 Å². The molecule has 92 valence electrons. The minimum Gasteiger partial charge on any atom is -0.364 e. The van der Waals surface area contributed by atoms with E-state index in [0.717, 1.165) is 6.54 Å². The van der Waals surface area contributed by atoms with Crippen molar-refractivity contribution in [1.82, 2.24) is 4.90 Å². The normalized spacial score (nSPS) is 16.2. The second-order valence-corrected chi connectivity index (χ2v) is 5.03. The Balaban J connectivity index is 2.27. The SMILES string of the molecule is C=C1c2cccc(C)c2CN1C(CC)CCC. The zero-order valence-electron chi connectivity index (χ0n) is 11.3. The number of fused-ring (bicyclic) bond motifs is 1. The van der Waals surface area contributed by atoms with Crippen molar-refractivity contribution in [2.45, 2.75) is 52.6 Å². The number of hydrogen-bond donors (Lipinski definition) is 0. The molecule has 1 aliphatic heterocycles. The van der Waals surface area contributed by atoms with Gasteiger partial charge in [-0.25, -0.2) is 0 Å². The van der Waals surface area contributed by atoms with Gasteiger partial charge in [0.2, 0.25) is 0 Å². The Kier molecular flexibility index (Phi) is 3.56. The summed E-state index contributed by atoms with van der Waals surface area (Å²) in [6.07, 6.45) is 3.72. The number of nitrogens with zero attached hydrogens (tertiary/aromatic N) is 1. The summed E-state index contributed by atoms with van der Waals surface area (Å²) in [5.74, 6) is 0. The van der Waals surface area contributed by atoms with Gasteiger partial charge < -0.3 is 4.90 Å². The van der Waals surface area contributed by atoms with Crippen molar-refractivity contribution in [2.75, 3.05) is 0 Å². The first-order valence-electron chi connectivity index (χ1n) is 6.73. The van der Waals surface area contributed by atoms with Gasteiger partial charge in [0.1, 0.15) is 0 Å². The van der Waals surface area contributed by atoms with Crippen LogP contribution in [0.2, 0.25) is 0 Å². The lowest BCUT2D eigenvalue weighted by Crippen LogP contribution is -2.28. The zero-order chi connectivity index (χ0) is 12.4. The summed E-state index contributed by atoms with van der Waals surface area (Å²) in [7, 11) is 0. The molecule has 1 nitrogen and oxygen atoms in total. The fourth-order valence-electron chi connectivity index (χ4n) is 2.87. The molecular formula is C16H23N. The van der Waals surface area contributed by atoms with Crippen molar-refractivity contribution in [2.24, 2.45) is 0 Å². The third-order valence-electron chi connectivity index (χ3n) is 3.93. The first-order valence-corrected chi connectivity index (χ1v) is 6.73. The lowest BCUT2D eigenvalue weighted by atomic mass is 10.0. The van der Waals surface area contributed by atoms with E-state index in [0.29, 0.717) is 6.04 Å². The zero-order valence-corrected chi connectivity index (χ0v) is 11.3. The second-order valence-electron chi connectivity index (χ2n) is 5.03. The van der Waals surface area contributed by atoms with Gasteiger partial charge >= 0.3 is 0 Å². The molecule has 0 aliphatic carbocycles. The highest BCUT2D eigenvalue weighted by atomic mass is 15.2. The van der Waals surface area contributed by atoms with Crippen LogP contribution in [0.15, 0.2) is 24.8 Å². The van der Waals surface area contributed by atoms with E-state index in [-0.39, 0.29) is 0 Å². The molecule has 0 radical (unpaired) electrons. The quantitative estimate of drug-likeness (QED) is 0.741. The summed E-state index contributed by atoms with van der Waals surface area (Å²) in [6.45, 7) is 12.1. The fraction of sp³-hybridized carbons (Fsp3) is 0.500. The van der Waals surface area contributed by atoms with Gasteiger partial charge in [0.15, 0.2) is 0 Å². The molecule has 0 saturated heterocycles. The molecule has 1 atom stereocenters. The Bertz CT molecular complexity index is 420. The predicted molar refractivity (Wildman–Crippen MR) is 74.7 cm³/mol. The Morgan fingerprint density at radius 3 is 2.71 bits per heavy atom. The summed E-state index contributed by atoms with van der Waals surface area (Å²) in [5.41, 5.74) is 5.47. The predicted octanol–water partition coefficient (Wildman–Crippen LogP) is 4.36. The van der Waals surface area contributed by atoms with Crippen LogP contribution in [0.4, 0.5) is 0 Å². The monoisotopic (exact) mass is 229 g/mol. The smallest absolute Gasteiger partial charge is 0.0441 e. The van der Waals surface area contributed by atoms with Gasteiger partial charge in [-0.15, -0.1) is 0 Å². The number of aryl methyl sites for hydroxylation is 1. The minimum absolute atomic E-state index is 0.652. The average molecular weight is 229 g/mol. The third kappa shape index (κ3) is 2.11. The molecule has 1 aliphatic rings. The molecule has 0 fully saturated rings. The van der Waals surface area contributed by atoms with Gasteiger partial charge in [0.05, 0.1) is 0 Å². The molecule has 1 aromatic carbocycles. The molecule has 0 bridgehead atoms. The first kappa shape index (κ1) is 12.2. The molecule has 1 heteroatoms. The van der Waals surface area contributed by atoms with Crippen LogP contribution in [-0.4, -0.2) is 10.9 Å². The molecule has 0 spiro atoms. The lowest BCUT2D eigenvalue weighted by Gasteiger charge is -2.29. The van der Waals surface area contributed by atoms with E-state index in [1.54, 1.807) is 0 Å². The van der Waals surface area contributed by atoms with E-state index in [1.807, 2.05) is 0 Å². The fourth-order valence-corrected chi connectivity index (χ4v) is 2.87. The van der Waals surface area contributed by atoms with Crippen LogP contribution in [-0.2, 0) is 6.54 Å². The highest BCUT2D eigenvalue weighted by molar-refractivity contribution is 5.70. The number of hydrogen-bond acceptors (Lipinski definition) is 1. The molecule has 0 N–H and O–H groups in total. The maximum absolute atomic E-state index is 4.30. The van der Waals surface area contributed by atoms with Crippen molar-refractivity contribution in [3.05, 3.63) is 41.5 Å². The third-order valence-corrected chi connectivity index (χ3v) is 3.93. The van der Waals surface area contributed by atoms with Crippen molar-refractivity contribution >= 4 is 5.70 Å². The van der Waals surface area contributed by atoms with Crippen LogP contribution in [0.5, 0.6) is 0 Å². The Labute approximate surface area is 105 Å². The average Bonchev–Trinajstić information content (AvgIpc) is 2.66. The van der Waals surface area contributed by atoms with Gasteiger partial charge in [0.25, 0.3) is 0 Å². The lowest BCUT2D eigenvalue weighted by molar-refractivity contribution is 0.274. The molecule has 0 saturated carbocycles. The summed E-state index contributed by atoms with van der Waals surface area (Å²) in [4.78, 5) is 2.50. The highest BCUT2D eigenvalue weighted by Crippen LogP contribution is 2.36. The van der Waals surface area contributed by atoms with Crippen molar-refractivity contribution in [3.8, 4) is 0 Å². The number of rotatable bonds is 4. The largest absolute Gasteiger partial charge is 0.364 e. The van der Waals surface area contributed by atoms with Crippen LogP contribution in [0.1, 0.15) is 49.8 Å². The van der Waals surface area contributed by atoms with Crippen LogP contribution in [0.3, 0.4) is 0 Å². The van der Waals surface area contributed by atoms with Crippen LogP contribution < -0.4 is 0 Å². The minimum atomic E-state index is 0.652. The summed E-state index contributed by atoms with van der Waals surface area (Å²) < 4.78 is 0. The van der Waals surface area contributed by atoms with Crippen LogP contribution >= 0.6 is 0 Å². The van der Waals surface area contributed by atoms with Gasteiger partial charge in [-0.1, -0.05) is 45.0 Å². The van der Waals surface area contributed by atoms with Crippen molar-refractivity contribution in [1.29, 1.82) is 0 Å². The Morgan fingerprint density at radius 1 is 1.35 bits per heavy atom. The van der Waals surface area contributed by atoms with Crippen molar-refractivity contribution in [3.63, 3.8) is 0 Å². The molecule has 1 heterocycles. The molecular weight excluding hydrogens is 206 g/mol. The molecule has 0 aromatic heterocycles.